The summed E-state index contributed by atoms with van der Waals surface area (Å²) in [5, 5.41) is 0.438. The van der Waals surface area contributed by atoms with Gasteiger partial charge >= 0.3 is 5.97 Å². The first-order chi connectivity index (χ1) is 10.6. The van der Waals surface area contributed by atoms with Gasteiger partial charge in [0.05, 0.1) is 23.9 Å². The van der Waals surface area contributed by atoms with E-state index in [1.165, 1.54) is 19.2 Å². The summed E-state index contributed by atoms with van der Waals surface area (Å²) >= 11 is 3.38. The lowest BCUT2D eigenvalue weighted by molar-refractivity contribution is 0.0603. The highest BCUT2D eigenvalue weighted by Gasteiger charge is 2.15. The van der Waals surface area contributed by atoms with Gasteiger partial charge in [-0.1, -0.05) is 28.1 Å². The molecule has 0 amide bonds. The third-order valence-corrected chi connectivity index (χ3v) is 3.84. The van der Waals surface area contributed by atoms with Gasteiger partial charge in [-0.3, -0.25) is 0 Å². The number of methoxy groups -OCH3 is 1. The van der Waals surface area contributed by atoms with Crippen molar-refractivity contribution in [1.82, 2.24) is 4.98 Å². The van der Waals surface area contributed by atoms with Gasteiger partial charge in [-0.2, -0.15) is 0 Å². The predicted octanol–water partition coefficient (Wildman–Crippen LogP) is 4.59. The lowest BCUT2D eigenvalue weighted by Gasteiger charge is -2.09. The van der Waals surface area contributed by atoms with E-state index >= 15 is 0 Å². The van der Waals surface area contributed by atoms with Crippen LogP contribution < -0.4 is 0 Å². The fourth-order valence-corrected chi connectivity index (χ4v) is 2.51. The Kier molecular flexibility index (Phi) is 3.90. The number of carbonyl (C=O) groups is 1. The largest absolute Gasteiger partial charge is 0.465 e. The maximum atomic E-state index is 13.5. The van der Waals surface area contributed by atoms with Gasteiger partial charge in [0.15, 0.2) is 0 Å². The number of fused-ring (bicyclic) bond motifs is 1. The fraction of sp³-hybridized carbons (Fsp3) is 0.0588. The van der Waals surface area contributed by atoms with E-state index in [4.69, 9.17) is 4.74 Å². The van der Waals surface area contributed by atoms with Crippen molar-refractivity contribution in [2.45, 2.75) is 0 Å². The molecule has 0 aliphatic heterocycles. The van der Waals surface area contributed by atoms with Crippen LogP contribution in [0.1, 0.15) is 10.4 Å². The van der Waals surface area contributed by atoms with Crippen LogP contribution in [0.4, 0.5) is 4.39 Å². The van der Waals surface area contributed by atoms with E-state index in [1.54, 1.807) is 12.1 Å². The normalized spacial score (nSPS) is 10.7. The molecule has 1 aromatic heterocycles. The van der Waals surface area contributed by atoms with Crippen molar-refractivity contribution in [3.8, 4) is 11.3 Å². The average Bonchev–Trinajstić information content (AvgIpc) is 2.54. The van der Waals surface area contributed by atoms with E-state index in [-0.39, 0.29) is 0 Å². The number of pyridine rings is 1. The summed E-state index contributed by atoms with van der Waals surface area (Å²) in [6, 6.07) is 13.4. The van der Waals surface area contributed by atoms with Crippen molar-refractivity contribution in [2.24, 2.45) is 0 Å². The smallest absolute Gasteiger partial charge is 0.338 e. The number of rotatable bonds is 2. The molecule has 0 bridgehead atoms. The molecule has 0 saturated heterocycles. The highest BCUT2D eigenvalue weighted by molar-refractivity contribution is 9.10. The number of halogens is 2. The standard InChI is InChI=1S/C17H11BrFNO2/c1-22-17(21)14-9-16(10-2-4-11(18)5-3-10)20-15-7-6-12(19)8-13(14)15/h2-9H,1H3. The van der Waals surface area contributed by atoms with Gasteiger partial charge in [0, 0.05) is 15.4 Å². The monoisotopic (exact) mass is 359 g/mol. The van der Waals surface area contributed by atoms with Gasteiger partial charge in [-0.15, -0.1) is 0 Å². The fourth-order valence-electron chi connectivity index (χ4n) is 2.25. The van der Waals surface area contributed by atoms with Crippen molar-refractivity contribution < 1.29 is 13.9 Å². The van der Waals surface area contributed by atoms with Crippen molar-refractivity contribution in [1.29, 1.82) is 0 Å². The summed E-state index contributed by atoms with van der Waals surface area (Å²) in [5.74, 6) is -0.938. The molecule has 0 aliphatic carbocycles. The van der Waals surface area contributed by atoms with Gasteiger partial charge in [0.25, 0.3) is 0 Å². The third kappa shape index (κ3) is 2.72. The Hall–Kier alpha value is -2.27. The molecule has 0 atom stereocenters. The molecule has 0 radical (unpaired) electrons. The molecule has 0 saturated carbocycles. The second kappa shape index (κ2) is 5.85. The van der Waals surface area contributed by atoms with Crippen LogP contribution in [0.5, 0.6) is 0 Å². The molecule has 3 nitrogen and oxygen atoms in total. The molecule has 0 aliphatic rings. The Balaban J connectivity index is 2.26. The third-order valence-electron chi connectivity index (χ3n) is 3.32. The average molecular weight is 360 g/mol. The van der Waals surface area contributed by atoms with E-state index in [0.29, 0.717) is 22.2 Å². The number of esters is 1. The van der Waals surface area contributed by atoms with E-state index in [1.807, 2.05) is 24.3 Å². The number of ether oxygens (including phenoxy) is 1. The SMILES string of the molecule is COC(=O)c1cc(-c2ccc(Br)cc2)nc2ccc(F)cc12. The van der Waals surface area contributed by atoms with Crippen molar-refractivity contribution in [3.05, 3.63) is 64.4 Å². The van der Waals surface area contributed by atoms with E-state index in [2.05, 4.69) is 20.9 Å². The lowest BCUT2D eigenvalue weighted by atomic mass is 10.0. The highest BCUT2D eigenvalue weighted by atomic mass is 79.9. The topological polar surface area (TPSA) is 39.2 Å². The van der Waals surface area contributed by atoms with Crippen LogP contribution in [0.15, 0.2) is 53.0 Å². The highest BCUT2D eigenvalue weighted by Crippen LogP contribution is 2.27. The van der Waals surface area contributed by atoms with Crippen LogP contribution in [-0.2, 0) is 4.74 Å². The molecule has 5 heteroatoms. The molecule has 3 aromatic rings. The zero-order valence-corrected chi connectivity index (χ0v) is 13.2. The van der Waals surface area contributed by atoms with Crippen LogP contribution in [-0.4, -0.2) is 18.1 Å². The number of hydrogen-bond donors (Lipinski definition) is 0. The number of aromatic nitrogens is 1. The van der Waals surface area contributed by atoms with Crippen LogP contribution in [0.3, 0.4) is 0 Å². The summed E-state index contributed by atoms with van der Waals surface area (Å²) in [7, 11) is 1.30. The second-order valence-corrected chi connectivity index (χ2v) is 5.63. The summed E-state index contributed by atoms with van der Waals surface area (Å²) in [6.07, 6.45) is 0. The summed E-state index contributed by atoms with van der Waals surface area (Å²) in [5.41, 5.74) is 2.33. The molecule has 0 fully saturated rings. The summed E-state index contributed by atoms with van der Waals surface area (Å²) in [6.45, 7) is 0. The maximum absolute atomic E-state index is 13.5. The Morgan fingerprint density at radius 2 is 1.86 bits per heavy atom. The molecule has 0 spiro atoms. The first-order valence-corrected chi connectivity index (χ1v) is 7.32. The molecule has 2 aromatic carbocycles. The molecule has 0 N–H and O–H groups in total. The molecule has 3 rings (SSSR count). The zero-order valence-electron chi connectivity index (χ0n) is 11.6. The van der Waals surface area contributed by atoms with E-state index < -0.39 is 11.8 Å². The molecule has 1 heterocycles. The van der Waals surface area contributed by atoms with Gasteiger partial charge in [0.1, 0.15) is 5.82 Å². The van der Waals surface area contributed by atoms with Crippen molar-refractivity contribution in [2.75, 3.05) is 7.11 Å². The Bertz CT molecular complexity index is 862. The van der Waals surface area contributed by atoms with Crippen LogP contribution >= 0.6 is 15.9 Å². The van der Waals surface area contributed by atoms with Crippen molar-refractivity contribution >= 4 is 32.8 Å². The number of hydrogen-bond acceptors (Lipinski definition) is 3. The quantitative estimate of drug-likeness (QED) is 0.628. The van der Waals surface area contributed by atoms with Crippen LogP contribution in [0.2, 0.25) is 0 Å². The van der Waals surface area contributed by atoms with Gasteiger partial charge in [0.2, 0.25) is 0 Å². The summed E-state index contributed by atoms with van der Waals surface area (Å²) < 4.78 is 19.2. The number of nitrogens with zero attached hydrogens (tertiary/aromatic N) is 1. The Labute approximate surface area is 134 Å². The maximum Gasteiger partial charge on any atom is 0.338 e. The minimum absolute atomic E-state index is 0.296. The Morgan fingerprint density at radius 1 is 1.14 bits per heavy atom. The number of carbonyl (C=O) groups excluding carboxylic acids is 1. The molecule has 110 valence electrons. The van der Waals surface area contributed by atoms with Crippen LogP contribution in [0.25, 0.3) is 22.2 Å². The van der Waals surface area contributed by atoms with Gasteiger partial charge in [-0.05, 0) is 36.4 Å². The number of benzene rings is 2. The van der Waals surface area contributed by atoms with Gasteiger partial charge in [-0.25, -0.2) is 14.2 Å². The Morgan fingerprint density at radius 3 is 2.55 bits per heavy atom. The second-order valence-electron chi connectivity index (χ2n) is 4.72. The zero-order chi connectivity index (χ0) is 15.7. The first kappa shape index (κ1) is 14.7. The minimum atomic E-state index is -0.517. The van der Waals surface area contributed by atoms with Crippen molar-refractivity contribution in [3.63, 3.8) is 0 Å². The minimum Gasteiger partial charge on any atom is -0.465 e. The predicted molar refractivity (Wildman–Crippen MR) is 86.2 cm³/mol. The molecular formula is C17H11BrFNO2. The van der Waals surface area contributed by atoms with Gasteiger partial charge < -0.3 is 4.74 Å². The molecular weight excluding hydrogens is 349 g/mol. The van der Waals surface area contributed by atoms with E-state index in [0.717, 1.165) is 10.0 Å². The molecule has 22 heavy (non-hydrogen) atoms. The lowest BCUT2D eigenvalue weighted by Crippen LogP contribution is -2.04. The summed E-state index contributed by atoms with van der Waals surface area (Å²) in [4.78, 5) is 16.5. The molecule has 0 unspecified atom stereocenters. The van der Waals surface area contributed by atoms with Crippen LogP contribution in [0, 0.1) is 5.82 Å². The first-order valence-electron chi connectivity index (χ1n) is 6.53. The van der Waals surface area contributed by atoms with E-state index in [9.17, 15) is 9.18 Å².